The van der Waals surface area contributed by atoms with Crippen molar-refractivity contribution in [2.45, 2.75) is 52.6 Å². The quantitative estimate of drug-likeness (QED) is 0.382. The Morgan fingerprint density at radius 3 is 2.52 bits per heavy atom. The van der Waals surface area contributed by atoms with Crippen LogP contribution < -0.4 is 10.6 Å². The van der Waals surface area contributed by atoms with Gasteiger partial charge in [0.2, 0.25) is 0 Å². The van der Waals surface area contributed by atoms with Crippen molar-refractivity contribution in [3.8, 4) is 0 Å². The molecule has 29 heavy (non-hydrogen) atoms. The van der Waals surface area contributed by atoms with E-state index in [1.54, 1.807) is 22.7 Å². The van der Waals surface area contributed by atoms with E-state index in [2.05, 4.69) is 82.5 Å². The standard InChI is InChI=1S/C22H29N5S2/c1-4-23-22(25-13-21-27-19(15-29-21)16(2)3)24-12-18-14-28-20(26-18)11-10-17-8-6-5-7-9-17/h5-9,14-16H,4,10-13H2,1-3H3,(H2,23,24,25). The van der Waals surface area contributed by atoms with Crippen molar-refractivity contribution in [3.63, 3.8) is 0 Å². The molecule has 0 radical (unpaired) electrons. The van der Waals surface area contributed by atoms with E-state index in [4.69, 9.17) is 4.98 Å². The average Bonchev–Trinajstić information content (AvgIpc) is 3.39. The zero-order valence-electron chi connectivity index (χ0n) is 17.3. The zero-order chi connectivity index (χ0) is 20.5. The number of hydrogen-bond donors (Lipinski definition) is 2. The van der Waals surface area contributed by atoms with Crippen LogP contribution in [0.3, 0.4) is 0 Å². The summed E-state index contributed by atoms with van der Waals surface area (Å²) in [6.07, 6.45) is 1.99. The van der Waals surface area contributed by atoms with E-state index in [-0.39, 0.29) is 0 Å². The van der Waals surface area contributed by atoms with Crippen LogP contribution >= 0.6 is 22.7 Å². The van der Waals surface area contributed by atoms with Crippen LogP contribution in [0.4, 0.5) is 0 Å². The van der Waals surface area contributed by atoms with E-state index in [1.807, 2.05) is 0 Å². The van der Waals surface area contributed by atoms with Crippen LogP contribution in [0.1, 0.15) is 53.7 Å². The zero-order valence-corrected chi connectivity index (χ0v) is 18.9. The van der Waals surface area contributed by atoms with Gasteiger partial charge in [-0.25, -0.2) is 15.0 Å². The van der Waals surface area contributed by atoms with Crippen LogP contribution in [0.5, 0.6) is 0 Å². The summed E-state index contributed by atoms with van der Waals surface area (Å²) in [6.45, 7) is 8.48. The molecule has 0 saturated carbocycles. The second-order valence-corrected chi connectivity index (χ2v) is 8.97. The van der Waals surface area contributed by atoms with Gasteiger partial charge in [0, 0.05) is 23.7 Å². The van der Waals surface area contributed by atoms with E-state index >= 15 is 0 Å². The number of nitrogens with zero attached hydrogens (tertiary/aromatic N) is 3. The molecule has 154 valence electrons. The molecule has 2 heterocycles. The van der Waals surface area contributed by atoms with Gasteiger partial charge in [0.15, 0.2) is 5.96 Å². The molecule has 5 nitrogen and oxygen atoms in total. The Hall–Kier alpha value is -2.25. The number of aliphatic imine (C=N–C) groups is 1. The van der Waals surface area contributed by atoms with Crippen molar-refractivity contribution in [3.05, 3.63) is 68.1 Å². The predicted molar refractivity (Wildman–Crippen MR) is 124 cm³/mol. The van der Waals surface area contributed by atoms with Gasteiger partial charge in [-0.05, 0) is 24.8 Å². The summed E-state index contributed by atoms with van der Waals surface area (Å²) in [4.78, 5) is 14.1. The topological polar surface area (TPSA) is 62.2 Å². The van der Waals surface area contributed by atoms with Crippen LogP contribution in [0.2, 0.25) is 0 Å². The fourth-order valence-electron chi connectivity index (χ4n) is 2.76. The van der Waals surface area contributed by atoms with E-state index in [9.17, 15) is 0 Å². The fourth-order valence-corrected chi connectivity index (χ4v) is 4.45. The summed E-state index contributed by atoms with van der Waals surface area (Å²) in [6, 6.07) is 10.6. The lowest BCUT2D eigenvalue weighted by Crippen LogP contribution is -2.36. The number of aromatic nitrogens is 2. The minimum Gasteiger partial charge on any atom is -0.357 e. The van der Waals surface area contributed by atoms with Gasteiger partial charge < -0.3 is 10.6 Å². The van der Waals surface area contributed by atoms with Crippen LogP contribution in [-0.4, -0.2) is 22.5 Å². The molecular weight excluding hydrogens is 398 g/mol. The highest BCUT2D eigenvalue weighted by molar-refractivity contribution is 7.09. The monoisotopic (exact) mass is 427 g/mol. The maximum Gasteiger partial charge on any atom is 0.191 e. The highest BCUT2D eigenvalue weighted by atomic mass is 32.1. The molecule has 2 N–H and O–H groups in total. The largest absolute Gasteiger partial charge is 0.357 e. The van der Waals surface area contributed by atoms with E-state index in [0.29, 0.717) is 19.0 Å². The Labute approximate surface area is 181 Å². The number of hydrogen-bond acceptors (Lipinski definition) is 5. The summed E-state index contributed by atoms with van der Waals surface area (Å²) in [5.41, 5.74) is 3.52. The third-order valence-corrected chi connectivity index (χ3v) is 6.21. The average molecular weight is 428 g/mol. The Bertz CT molecular complexity index is 899. The molecule has 3 aromatic rings. The first-order chi connectivity index (χ1) is 14.1. The second kappa shape index (κ2) is 11.1. The molecule has 0 saturated heterocycles. The van der Waals surface area contributed by atoms with Crippen molar-refractivity contribution in [1.29, 1.82) is 0 Å². The molecule has 0 fully saturated rings. The van der Waals surface area contributed by atoms with Gasteiger partial charge in [-0.1, -0.05) is 44.2 Å². The summed E-state index contributed by atoms with van der Waals surface area (Å²) >= 11 is 3.41. The van der Waals surface area contributed by atoms with Crippen molar-refractivity contribution < 1.29 is 0 Å². The smallest absolute Gasteiger partial charge is 0.191 e. The third-order valence-electron chi connectivity index (χ3n) is 4.38. The maximum atomic E-state index is 4.74. The Morgan fingerprint density at radius 1 is 1.00 bits per heavy atom. The van der Waals surface area contributed by atoms with Gasteiger partial charge in [-0.15, -0.1) is 22.7 Å². The highest BCUT2D eigenvalue weighted by Crippen LogP contribution is 2.17. The second-order valence-electron chi connectivity index (χ2n) is 7.09. The minimum absolute atomic E-state index is 0.461. The van der Waals surface area contributed by atoms with Gasteiger partial charge in [0.05, 0.1) is 29.5 Å². The fraction of sp³-hybridized carbons (Fsp3) is 0.409. The molecule has 0 aliphatic carbocycles. The first kappa shape index (κ1) is 21.5. The first-order valence-corrected chi connectivity index (χ1v) is 11.8. The molecule has 2 aromatic heterocycles. The lowest BCUT2D eigenvalue weighted by molar-refractivity contribution is 0.786. The minimum atomic E-state index is 0.461. The van der Waals surface area contributed by atoms with E-state index in [0.717, 1.165) is 41.7 Å². The van der Waals surface area contributed by atoms with Gasteiger partial charge in [0.25, 0.3) is 0 Å². The number of benzene rings is 1. The highest BCUT2D eigenvalue weighted by Gasteiger charge is 2.07. The van der Waals surface area contributed by atoms with Gasteiger partial charge in [-0.3, -0.25) is 0 Å². The van der Waals surface area contributed by atoms with Gasteiger partial charge >= 0.3 is 0 Å². The maximum absolute atomic E-state index is 4.74. The number of rotatable bonds is 9. The Kier molecular flexibility index (Phi) is 8.19. The number of guanidine groups is 1. The molecule has 0 unspecified atom stereocenters. The number of thiazole rings is 2. The summed E-state index contributed by atoms with van der Waals surface area (Å²) in [5.74, 6) is 1.26. The van der Waals surface area contributed by atoms with Crippen molar-refractivity contribution in [2.24, 2.45) is 4.99 Å². The van der Waals surface area contributed by atoms with Crippen LogP contribution in [0.15, 0.2) is 46.1 Å². The van der Waals surface area contributed by atoms with E-state index < -0.39 is 0 Å². The molecule has 0 aliphatic rings. The molecular formula is C22H29N5S2. The summed E-state index contributed by atoms with van der Waals surface area (Å²) in [5, 5.41) is 13.2. The number of nitrogens with one attached hydrogen (secondary N) is 2. The van der Waals surface area contributed by atoms with Crippen molar-refractivity contribution in [2.75, 3.05) is 6.54 Å². The molecule has 0 aliphatic heterocycles. The van der Waals surface area contributed by atoms with Crippen LogP contribution in [0.25, 0.3) is 0 Å². The summed E-state index contributed by atoms with van der Waals surface area (Å²) in [7, 11) is 0. The molecule has 1 aromatic carbocycles. The molecule has 0 spiro atoms. The Balaban J connectivity index is 1.52. The van der Waals surface area contributed by atoms with Crippen LogP contribution in [-0.2, 0) is 25.9 Å². The van der Waals surface area contributed by atoms with Crippen LogP contribution in [0, 0.1) is 0 Å². The molecule has 0 atom stereocenters. The third kappa shape index (κ3) is 6.94. The van der Waals surface area contributed by atoms with Crippen molar-refractivity contribution in [1.82, 2.24) is 20.6 Å². The lowest BCUT2D eigenvalue weighted by Gasteiger charge is -2.09. The molecule has 0 amide bonds. The normalized spacial score (nSPS) is 11.8. The van der Waals surface area contributed by atoms with Crippen molar-refractivity contribution >= 4 is 28.6 Å². The number of aryl methyl sites for hydroxylation is 2. The Morgan fingerprint density at radius 2 is 1.79 bits per heavy atom. The first-order valence-electron chi connectivity index (χ1n) is 10.1. The SMILES string of the molecule is CCNC(=NCc1csc(CCc2ccccc2)n1)NCc1nc(C(C)C)cs1. The van der Waals surface area contributed by atoms with Gasteiger partial charge in [-0.2, -0.15) is 0 Å². The lowest BCUT2D eigenvalue weighted by atomic mass is 10.1. The summed E-state index contributed by atoms with van der Waals surface area (Å²) < 4.78 is 0. The van der Waals surface area contributed by atoms with E-state index in [1.165, 1.54) is 10.6 Å². The van der Waals surface area contributed by atoms with Gasteiger partial charge in [0.1, 0.15) is 5.01 Å². The molecule has 7 heteroatoms. The predicted octanol–water partition coefficient (Wildman–Crippen LogP) is 4.76. The molecule has 0 bridgehead atoms. The molecule has 3 rings (SSSR count).